The molecule has 1 aliphatic carbocycles. The molecule has 0 radical (unpaired) electrons. The average molecular weight is 368 g/mol. The van der Waals surface area contributed by atoms with Crippen LogP contribution in [-0.2, 0) is 16.6 Å². The Balaban J connectivity index is 1.73. The second kappa shape index (κ2) is 5.68. The van der Waals surface area contributed by atoms with Crippen molar-refractivity contribution in [1.29, 1.82) is 0 Å². The number of rotatable bonds is 2. The zero-order valence-electron chi connectivity index (χ0n) is 16.1. The Morgan fingerprint density at radius 2 is 1.93 bits per heavy atom. The number of carbonyl (C=O) groups excluding carboxylic acids is 2. The van der Waals surface area contributed by atoms with Crippen molar-refractivity contribution in [2.45, 2.75) is 20.3 Å². The fourth-order valence-corrected chi connectivity index (χ4v) is 5.27. The van der Waals surface area contributed by atoms with Gasteiger partial charge in [0.15, 0.2) is 0 Å². The Labute approximate surface area is 157 Å². The molecule has 0 bridgehead atoms. The fraction of sp³-hybridized carbons (Fsp3) is 0.476. The van der Waals surface area contributed by atoms with Crippen LogP contribution in [0, 0.1) is 16.7 Å². The highest BCUT2D eigenvalue weighted by Gasteiger charge is 2.68. The van der Waals surface area contributed by atoms with Gasteiger partial charge >= 0.3 is 5.97 Å². The Bertz CT molecular complexity index is 1020. The molecule has 2 atom stereocenters. The smallest absolute Gasteiger partial charge is 0.314 e. The molecule has 4 rings (SSSR count). The van der Waals surface area contributed by atoms with Gasteiger partial charge in [-0.25, -0.2) is 0 Å². The van der Waals surface area contributed by atoms with E-state index in [0.717, 1.165) is 10.9 Å². The van der Waals surface area contributed by atoms with Crippen LogP contribution in [-0.4, -0.2) is 41.5 Å². The van der Waals surface area contributed by atoms with Crippen molar-refractivity contribution in [2.75, 3.05) is 20.2 Å². The van der Waals surface area contributed by atoms with E-state index < -0.39 is 5.41 Å². The summed E-state index contributed by atoms with van der Waals surface area (Å²) < 4.78 is 6.55. The first-order chi connectivity index (χ1) is 12.7. The van der Waals surface area contributed by atoms with Crippen LogP contribution in [0.5, 0.6) is 0 Å². The summed E-state index contributed by atoms with van der Waals surface area (Å²) in [5.41, 5.74) is -0.0551. The molecule has 1 amide bonds. The first kappa shape index (κ1) is 17.8. The molecular formula is C21H24N2O4. The van der Waals surface area contributed by atoms with E-state index in [9.17, 15) is 14.4 Å². The van der Waals surface area contributed by atoms with Crippen molar-refractivity contribution in [3.63, 3.8) is 0 Å². The summed E-state index contributed by atoms with van der Waals surface area (Å²) in [5.74, 6) is -0.519. The quantitative estimate of drug-likeness (QED) is 0.762. The Kier molecular flexibility index (Phi) is 3.74. The van der Waals surface area contributed by atoms with Crippen molar-refractivity contribution in [3.05, 3.63) is 46.2 Å². The lowest BCUT2D eigenvalue weighted by Gasteiger charge is -2.54. The van der Waals surface area contributed by atoms with Gasteiger partial charge in [0.2, 0.25) is 0 Å². The summed E-state index contributed by atoms with van der Waals surface area (Å²) in [6.07, 6.45) is 0.691. The summed E-state index contributed by atoms with van der Waals surface area (Å²) in [6, 6.07) is 9.15. The molecule has 6 nitrogen and oxygen atoms in total. The molecule has 2 fully saturated rings. The number of carbonyl (C=O) groups is 2. The molecular weight excluding hydrogens is 344 g/mol. The maximum atomic E-state index is 13.2. The van der Waals surface area contributed by atoms with Crippen molar-refractivity contribution < 1.29 is 14.3 Å². The summed E-state index contributed by atoms with van der Waals surface area (Å²) in [4.78, 5) is 40.1. The summed E-state index contributed by atoms with van der Waals surface area (Å²) in [7, 11) is 3.07. The molecule has 2 aliphatic rings. The number of likely N-dealkylation sites (tertiary alicyclic amines) is 1. The maximum Gasteiger partial charge on any atom is 0.314 e. The molecule has 27 heavy (non-hydrogen) atoms. The van der Waals surface area contributed by atoms with Crippen LogP contribution in [0.1, 0.15) is 30.6 Å². The molecule has 2 aromatic rings. The number of aryl methyl sites for hydroxylation is 1. The maximum absolute atomic E-state index is 13.2. The number of para-hydroxylation sites is 1. The highest BCUT2D eigenvalue weighted by Crippen LogP contribution is 2.63. The molecule has 1 saturated carbocycles. The highest BCUT2D eigenvalue weighted by molar-refractivity contribution is 5.98. The van der Waals surface area contributed by atoms with E-state index in [0.29, 0.717) is 19.5 Å². The Morgan fingerprint density at radius 3 is 2.59 bits per heavy atom. The largest absolute Gasteiger partial charge is 0.469 e. The Hall–Kier alpha value is -2.63. The zero-order chi connectivity index (χ0) is 19.6. The molecule has 0 spiro atoms. The van der Waals surface area contributed by atoms with E-state index in [1.165, 1.54) is 11.7 Å². The summed E-state index contributed by atoms with van der Waals surface area (Å²) >= 11 is 0. The van der Waals surface area contributed by atoms with Gasteiger partial charge in [0.25, 0.3) is 11.5 Å². The summed E-state index contributed by atoms with van der Waals surface area (Å²) in [6.45, 7) is 5.00. The van der Waals surface area contributed by atoms with Gasteiger partial charge in [-0.15, -0.1) is 0 Å². The van der Waals surface area contributed by atoms with Gasteiger partial charge in [-0.3, -0.25) is 14.4 Å². The van der Waals surface area contributed by atoms with Crippen molar-refractivity contribution in [3.8, 4) is 0 Å². The van der Waals surface area contributed by atoms with Crippen LogP contribution < -0.4 is 5.56 Å². The van der Waals surface area contributed by atoms with Crippen molar-refractivity contribution in [2.24, 2.45) is 23.8 Å². The predicted octanol–water partition coefficient (Wildman–Crippen LogP) is 2.20. The summed E-state index contributed by atoms with van der Waals surface area (Å²) in [5, 5.41) is 0.841. The number of nitrogens with zero attached hydrogens (tertiary/aromatic N) is 2. The number of hydrogen-bond donors (Lipinski definition) is 0. The monoisotopic (exact) mass is 368 g/mol. The number of fused-ring (bicyclic) bond motifs is 2. The number of hydrogen-bond acceptors (Lipinski definition) is 4. The second-order valence-corrected chi connectivity index (χ2v) is 8.53. The predicted molar refractivity (Wildman–Crippen MR) is 101 cm³/mol. The minimum atomic E-state index is -0.643. The van der Waals surface area contributed by atoms with Crippen LogP contribution in [0.3, 0.4) is 0 Å². The van der Waals surface area contributed by atoms with Crippen LogP contribution >= 0.6 is 0 Å². The first-order valence-electron chi connectivity index (χ1n) is 9.18. The lowest BCUT2D eigenvalue weighted by atomic mass is 9.48. The first-order valence-corrected chi connectivity index (χ1v) is 9.18. The molecule has 1 aliphatic heterocycles. The minimum absolute atomic E-state index is 0.0302. The van der Waals surface area contributed by atoms with Crippen LogP contribution in [0.25, 0.3) is 10.9 Å². The third kappa shape index (κ3) is 2.35. The number of amides is 1. The van der Waals surface area contributed by atoms with Crippen LogP contribution in [0.4, 0.5) is 0 Å². The lowest BCUT2D eigenvalue weighted by Crippen LogP contribution is -2.57. The number of aromatic nitrogens is 1. The standard InChI is InChI=1S/C21H24N2O4/c1-20(2)11-21(19(26)27-4)12-23(10-16(20)21)18(25)14-9-13-7-5-6-8-15(13)22(3)17(14)24/h5-9,16H,10-12H2,1-4H3/t16-,21+/m1/s1. The third-order valence-corrected chi connectivity index (χ3v) is 6.50. The van der Waals surface area contributed by atoms with Gasteiger partial charge in [0, 0.05) is 20.1 Å². The zero-order valence-corrected chi connectivity index (χ0v) is 16.1. The molecule has 0 N–H and O–H groups in total. The average Bonchev–Trinajstić information content (AvgIpc) is 2.99. The third-order valence-electron chi connectivity index (χ3n) is 6.50. The topological polar surface area (TPSA) is 68.6 Å². The molecule has 2 heterocycles. The lowest BCUT2D eigenvalue weighted by molar-refractivity contribution is -0.174. The van der Waals surface area contributed by atoms with E-state index in [2.05, 4.69) is 13.8 Å². The van der Waals surface area contributed by atoms with E-state index in [1.807, 2.05) is 24.3 Å². The molecule has 142 valence electrons. The van der Waals surface area contributed by atoms with Gasteiger partial charge < -0.3 is 14.2 Å². The SMILES string of the molecule is COC(=O)[C@@]12CN(C(=O)c3cc4ccccc4n(C)c3=O)C[C@@H]1C(C)(C)C2. The van der Waals surface area contributed by atoms with E-state index in [1.54, 1.807) is 18.0 Å². The van der Waals surface area contributed by atoms with Gasteiger partial charge in [-0.1, -0.05) is 32.0 Å². The van der Waals surface area contributed by atoms with Gasteiger partial charge in [-0.05, 0) is 35.3 Å². The van der Waals surface area contributed by atoms with E-state index in [-0.39, 0.29) is 34.3 Å². The van der Waals surface area contributed by atoms with Crippen molar-refractivity contribution in [1.82, 2.24) is 9.47 Å². The Morgan fingerprint density at radius 1 is 1.22 bits per heavy atom. The molecule has 0 unspecified atom stereocenters. The van der Waals surface area contributed by atoms with E-state index >= 15 is 0 Å². The number of ether oxygens (including phenoxy) is 1. The molecule has 1 saturated heterocycles. The van der Waals surface area contributed by atoms with Crippen molar-refractivity contribution >= 4 is 22.8 Å². The van der Waals surface area contributed by atoms with Crippen LogP contribution in [0.2, 0.25) is 0 Å². The normalized spacial score (nSPS) is 25.8. The van der Waals surface area contributed by atoms with Crippen LogP contribution in [0.15, 0.2) is 35.1 Å². The molecule has 1 aromatic carbocycles. The van der Waals surface area contributed by atoms with Gasteiger partial charge in [0.05, 0.1) is 18.0 Å². The van der Waals surface area contributed by atoms with E-state index in [4.69, 9.17) is 4.74 Å². The van der Waals surface area contributed by atoms with Gasteiger partial charge in [-0.2, -0.15) is 0 Å². The molecule has 1 aromatic heterocycles. The number of pyridine rings is 1. The highest BCUT2D eigenvalue weighted by atomic mass is 16.5. The molecule has 6 heteroatoms. The minimum Gasteiger partial charge on any atom is -0.469 e. The number of benzene rings is 1. The number of esters is 1. The van der Waals surface area contributed by atoms with Gasteiger partial charge in [0.1, 0.15) is 5.56 Å². The fourth-order valence-electron chi connectivity index (χ4n) is 5.27. The second-order valence-electron chi connectivity index (χ2n) is 8.53. The number of methoxy groups -OCH3 is 1.